The third-order valence-electron chi connectivity index (χ3n) is 3.03. The average Bonchev–Trinajstić information content (AvgIpc) is 2.46. The number of anilines is 1. The first-order chi connectivity index (χ1) is 9.26. The summed E-state index contributed by atoms with van der Waals surface area (Å²) in [4.78, 5) is 9.75. The van der Waals surface area contributed by atoms with E-state index in [9.17, 15) is 0 Å². The van der Waals surface area contributed by atoms with Crippen LogP contribution in [0.3, 0.4) is 0 Å². The number of nitriles is 1. The first-order valence-electron chi connectivity index (χ1n) is 6.07. The third-order valence-corrected chi connectivity index (χ3v) is 4.23. The molecule has 2 N–H and O–H groups in total. The van der Waals surface area contributed by atoms with Crippen molar-refractivity contribution in [3.05, 3.63) is 35.5 Å². The Hall–Kier alpha value is -2.06. The standard InChI is InChI=1S/C14H12N4S/c15-8-11-7-13(16)18-14(17-11)10-3-4-12-9(6-10)2-1-5-19-12/h3-4,6-7H,1-2,5H2,(H2,16,17,18). The summed E-state index contributed by atoms with van der Waals surface area (Å²) in [6.07, 6.45) is 2.28. The van der Waals surface area contributed by atoms with Crippen molar-refractivity contribution in [2.45, 2.75) is 17.7 Å². The van der Waals surface area contributed by atoms with Gasteiger partial charge in [-0.1, -0.05) is 6.07 Å². The fraction of sp³-hybridized carbons (Fsp3) is 0.214. The molecule has 0 fully saturated rings. The first kappa shape index (κ1) is 12.0. The second-order valence-corrected chi connectivity index (χ2v) is 5.52. The van der Waals surface area contributed by atoms with Crippen molar-refractivity contribution in [1.82, 2.24) is 9.97 Å². The Bertz CT molecular complexity index is 676. The molecule has 0 bridgehead atoms. The molecule has 2 heterocycles. The molecule has 1 aromatic heterocycles. The van der Waals surface area contributed by atoms with Crippen molar-refractivity contribution in [2.75, 3.05) is 11.5 Å². The van der Waals surface area contributed by atoms with Gasteiger partial charge in [0.05, 0.1) is 0 Å². The molecule has 0 saturated heterocycles. The van der Waals surface area contributed by atoms with Gasteiger partial charge in [-0.25, -0.2) is 9.97 Å². The zero-order chi connectivity index (χ0) is 13.2. The quantitative estimate of drug-likeness (QED) is 0.860. The van der Waals surface area contributed by atoms with Gasteiger partial charge in [0.15, 0.2) is 5.82 Å². The number of fused-ring (bicyclic) bond motifs is 1. The van der Waals surface area contributed by atoms with E-state index in [0.29, 0.717) is 17.3 Å². The van der Waals surface area contributed by atoms with Crippen LogP contribution < -0.4 is 5.73 Å². The van der Waals surface area contributed by atoms with Gasteiger partial charge in [-0.3, -0.25) is 0 Å². The number of aryl methyl sites for hydroxylation is 1. The normalized spacial score (nSPS) is 13.6. The van der Waals surface area contributed by atoms with Gasteiger partial charge < -0.3 is 5.73 Å². The second kappa shape index (κ2) is 4.90. The molecule has 0 atom stereocenters. The molecule has 94 valence electrons. The smallest absolute Gasteiger partial charge is 0.162 e. The average molecular weight is 268 g/mol. The molecule has 1 aliphatic rings. The van der Waals surface area contributed by atoms with E-state index in [0.717, 1.165) is 12.0 Å². The zero-order valence-corrected chi connectivity index (χ0v) is 11.1. The Labute approximate surface area is 115 Å². The van der Waals surface area contributed by atoms with Crippen LogP contribution in [0, 0.1) is 11.3 Å². The summed E-state index contributed by atoms with van der Waals surface area (Å²) < 4.78 is 0. The highest BCUT2D eigenvalue weighted by molar-refractivity contribution is 7.99. The number of thioether (sulfide) groups is 1. The second-order valence-electron chi connectivity index (χ2n) is 4.39. The third kappa shape index (κ3) is 2.40. The van der Waals surface area contributed by atoms with Crippen LogP contribution in [0.1, 0.15) is 17.7 Å². The molecular weight excluding hydrogens is 256 g/mol. The van der Waals surface area contributed by atoms with Crippen LogP contribution in [0.15, 0.2) is 29.2 Å². The van der Waals surface area contributed by atoms with Crippen LogP contribution in [0.2, 0.25) is 0 Å². The largest absolute Gasteiger partial charge is 0.384 e. The number of nitrogens with zero attached hydrogens (tertiary/aromatic N) is 3. The Kier molecular flexibility index (Phi) is 3.10. The summed E-state index contributed by atoms with van der Waals surface area (Å²) in [6.45, 7) is 0. The van der Waals surface area contributed by atoms with Crippen LogP contribution in [0.25, 0.3) is 11.4 Å². The highest BCUT2D eigenvalue weighted by atomic mass is 32.2. The van der Waals surface area contributed by atoms with Crippen molar-refractivity contribution in [3.63, 3.8) is 0 Å². The van der Waals surface area contributed by atoms with Gasteiger partial charge >= 0.3 is 0 Å². The van der Waals surface area contributed by atoms with Gasteiger partial charge in [0.2, 0.25) is 0 Å². The molecule has 2 aromatic rings. The first-order valence-corrected chi connectivity index (χ1v) is 7.05. The zero-order valence-electron chi connectivity index (χ0n) is 10.3. The molecule has 0 unspecified atom stereocenters. The molecule has 19 heavy (non-hydrogen) atoms. The van der Waals surface area contributed by atoms with Gasteiger partial charge in [-0.15, -0.1) is 11.8 Å². The maximum Gasteiger partial charge on any atom is 0.162 e. The summed E-state index contributed by atoms with van der Waals surface area (Å²) >= 11 is 1.89. The van der Waals surface area contributed by atoms with Crippen LogP contribution in [0.4, 0.5) is 5.82 Å². The molecule has 1 aliphatic heterocycles. The summed E-state index contributed by atoms with van der Waals surface area (Å²) in [5.74, 6) is 2.03. The molecule has 1 aromatic carbocycles. The van der Waals surface area contributed by atoms with Crippen molar-refractivity contribution < 1.29 is 0 Å². The number of hydrogen-bond acceptors (Lipinski definition) is 5. The van der Waals surface area contributed by atoms with E-state index in [-0.39, 0.29) is 0 Å². The molecule has 0 spiro atoms. The van der Waals surface area contributed by atoms with E-state index in [1.165, 1.54) is 28.7 Å². The lowest BCUT2D eigenvalue weighted by Crippen LogP contribution is -2.01. The summed E-state index contributed by atoms with van der Waals surface area (Å²) in [5.41, 5.74) is 8.26. The minimum Gasteiger partial charge on any atom is -0.384 e. The number of nitrogen functional groups attached to an aromatic ring is 1. The molecule has 5 heteroatoms. The number of rotatable bonds is 1. The fourth-order valence-electron chi connectivity index (χ4n) is 2.15. The predicted molar refractivity (Wildman–Crippen MR) is 75.6 cm³/mol. The van der Waals surface area contributed by atoms with E-state index >= 15 is 0 Å². The molecule has 0 aliphatic carbocycles. The van der Waals surface area contributed by atoms with E-state index in [1.54, 1.807) is 0 Å². The lowest BCUT2D eigenvalue weighted by atomic mass is 10.1. The van der Waals surface area contributed by atoms with E-state index < -0.39 is 0 Å². The minimum absolute atomic E-state index is 0.301. The Morgan fingerprint density at radius 1 is 1.26 bits per heavy atom. The Balaban J connectivity index is 2.07. The lowest BCUT2D eigenvalue weighted by molar-refractivity contribution is 0.890. The molecule has 3 rings (SSSR count). The predicted octanol–water partition coefficient (Wildman–Crippen LogP) is 2.64. The number of benzene rings is 1. The van der Waals surface area contributed by atoms with Crippen LogP contribution in [-0.4, -0.2) is 15.7 Å². The van der Waals surface area contributed by atoms with Crippen molar-refractivity contribution in [3.8, 4) is 17.5 Å². The Morgan fingerprint density at radius 2 is 2.16 bits per heavy atom. The molecule has 4 nitrogen and oxygen atoms in total. The topological polar surface area (TPSA) is 75.6 Å². The summed E-state index contributed by atoms with van der Waals surface area (Å²) in [6, 6.07) is 9.69. The summed E-state index contributed by atoms with van der Waals surface area (Å²) in [5, 5.41) is 8.93. The van der Waals surface area contributed by atoms with E-state index in [4.69, 9.17) is 11.0 Å². The monoisotopic (exact) mass is 268 g/mol. The SMILES string of the molecule is N#Cc1cc(N)nc(-c2ccc3c(c2)CCCS3)n1. The highest BCUT2D eigenvalue weighted by Crippen LogP contribution is 2.32. The van der Waals surface area contributed by atoms with E-state index in [2.05, 4.69) is 22.1 Å². The lowest BCUT2D eigenvalue weighted by Gasteiger charge is -2.15. The van der Waals surface area contributed by atoms with Gasteiger partial charge in [-0.05, 0) is 36.3 Å². The van der Waals surface area contributed by atoms with Crippen LogP contribution in [-0.2, 0) is 6.42 Å². The number of aromatic nitrogens is 2. The minimum atomic E-state index is 0.301. The molecular formula is C14H12N4S. The molecule has 0 radical (unpaired) electrons. The van der Waals surface area contributed by atoms with Crippen LogP contribution in [0.5, 0.6) is 0 Å². The Morgan fingerprint density at radius 3 is 3.00 bits per heavy atom. The van der Waals surface area contributed by atoms with Gasteiger partial charge in [0.25, 0.3) is 0 Å². The molecule has 0 amide bonds. The van der Waals surface area contributed by atoms with Gasteiger partial charge in [-0.2, -0.15) is 5.26 Å². The maximum absolute atomic E-state index is 8.93. The van der Waals surface area contributed by atoms with Crippen molar-refractivity contribution in [2.24, 2.45) is 0 Å². The van der Waals surface area contributed by atoms with E-state index in [1.807, 2.05) is 23.9 Å². The number of hydrogen-bond donors (Lipinski definition) is 1. The maximum atomic E-state index is 8.93. The van der Waals surface area contributed by atoms with Gasteiger partial charge in [0.1, 0.15) is 17.6 Å². The van der Waals surface area contributed by atoms with Crippen LogP contribution >= 0.6 is 11.8 Å². The molecule has 0 saturated carbocycles. The summed E-state index contributed by atoms with van der Waals surface area (Å²) in [7, 11) is 0. The van der Waals surface area contributed by atoms with Crippen molar-refractivity contribution >= 4 is 17.6 Å². The van der Waals surface area contributed by atoms with Crippen molar-refractivity contribution in [1.29, 1.82) is 5.26 Å². The number of nitrogens with two attached hydrogens (primary N) is 1. The fourth-order valence-corrected chi connectivity index (χ4v) is 3.17. The highest BCUT2D eigenvalue weighted by Gasteiger charge is 2.12. The van der Waals surface area contributed by atoms with Gasteiger partial charge in [0, 0.05) is 16.5 Å².